The van der Waals surface area contributed by atoms with Crippen molar-refractivity contribution in [3.63, 3.8) is 0 Å². The van der Waals surface area contributed by atoms with E-state index in [1.807, 2.05) is 54.3 Å². The topological polar surface area (TPSA) is 120 Å². The van der Waals surface area contributed by atoms with Crippen molar-refractivity contribution in [1.29, 1.82) is 0 Å². The number of fused-ring (bicyclic) bond motifs is 3. The van der Waals surface area contributed by atoms with Gasteiger partial charge in [-0.3, -0.25) is 9.59 Å². The number of aryl methyl sites for hydroxylation is 1. The first-order valence-corrected chi connectivity index (χ1v) is 21.1. The number of methoxy groups -OCH3 is 2. The molecule has 7 rings (SSSR count). The van der Waals surface area contributed by atoms with Gasteiger partial charge in [-0.05, 0) is 81.2 Å². The summed E-state index contributed by atoms with van der Waals surface area (Å²) in [6.45, 7) is 9.35. The van der Waals surface area contributed by atoms with E-state index in [-0.39, 0.29) is 55.6 Å². The van der Waals surface area contributed by atoms with Gasteiger partial charge in [0.05, 0.1) is 50.0 Å². The maximum atomic E-state index is 14.9. The van der Waals surface area contributed by atoms with Gasteiger partial charge in [0.1, 0.15) is 34.1 Å². The molecule has 0 radical (unpaired) electrons. The maximum Gasteiger partial charge on any atom is 0.321 e. The van der Waals surface area contributed by atoms with E-state index in [1.165, 1.54) is 11.3 Å². The fraction of sp³-hybridized carbons (Fsp3) is 0.489. The minimum absolute atomic E-state index is 0.00401. The summed E-state index contributed by atoms with van der Waals surface area (Å²) in [7, 11) is 3.27. The number of ether oxygens (including phenoxy) is 4. The number of ketones is 1. The van der Waals surface area contributed by atoms with Gasteiger partial charge in [-0.2, -0.15) is 0 Å². The number of esters is 1. The molecule has 4 atom stereocenters. The van der Waals surface area contributed by atoms with Crippen LogP contribution in [0.1, 0.15) is 88.5 Å². The number of hydrogen-bond acceptors (Lipinski definition) is 10. The van der Waals surface area contributed by atoms with Gasteiger partial charge in [0.2, 0.25) is 0 Å². The van der Waals surface area contributed by atoms with Crippen molar-refractivity contribution in [2.45, 2.75) is 97.2 Å². The lowest BCUT2D eigenvalue weighted by atomic mass is 9.92. The van der Waals surface area contributed by atoms with Crippen LogP contribution in [0.5, 0.6) is 17.2 Å². The number of aromatic nitrogens is 2. The predicted molar refractivity (Wildman–Crippen MR) is 221 cm³/mol. The number of rotatable bonds is 10. The number of allylic oxidation sites excluding steroid dienone is 2. The van der Waals surface area contributed by atoms with Crippen molar-refractivity contribution < 1.29 is 33.3 Å². The fourth-order valence-corrected chi connectivity index (χ4v) is 9.17. The van der Waals surface area contributed by atoms with Gasteiger partial charge in [0, 0.05) is 48.3 Å². The van der Waals surface area contributed by atoms with Crippen molar-refractivity contribution in [3.8, 4) is 28.0 Å². The number of amides is 2. The van der Waals surface area contributed by atoms with Crippen LogP contribution in [0.2, 0.25) is 0 Å². The second-order valence-corrected chi connectivity index (χ2v) is 16.7. The molecule has 3 aliphatic rings. The number of nitrogens with zero attached hydrogens (tertiary/aromatic N) is 4. The van der Waals surface area contributed by atoms with Gasteiger partial charge >= 0.3 is 12.0 Å². The Labute approximate surface area is 339 Å². The van der Waals surface area contributed by atoms with E-state index in [9.17, 15) is 14.4 Å². The van der Waals surface area contributed by atoms with Crippen LogP contribution >= 0.6 is 11.3 Å². The van der Waals surface area contributed by atoms with Crippen molar-refractivity contribution in [2.75, 3.05) is 33.9 Å². The number of pyridine rings is 1. The highest BCUT2D eigenvalue weighted by molar-refractivity contribution is 7.13. The van der Waals surface area contributed by atoms with Crippen molar-refractivity contribution in [3.05, 3.63) is 76.8 Å². The van der Waals surface area contributed by atoms with Crippen LogP contribution in [0.3, 0.4) is 0 Å². The summed E-state index contributed by atoms with van der Waals surface area (Å²) in [5.74, 6) is 1.75. The average molecular weight is 795 g/mol. The Kier molecular flexibility index (Phi) is 12.2. The Morgan fingerprint density at radius 2 is 1.82 bits per heavy atom. The molecule has 0 spiro atoms. The first kappa shape index (κ1) is 40.2. The number of carbonyl (C=O) groups excluding carboxylic acids is 3. The minimum atomic E-state index is -0.921. The molecule has 11 nitrogen and oxygen atoms in total. The minimum Gasteiger partial charge on any atom is -0.497 e. The Bertz CT molecular complexity index is 2130. The van der Waals surface area contributed by atoms with E-state index in [1.54, 1.807) is 26.0 Å². The Balaban J connectivity index is 1.25. The summed E-state index contributed by atoms with van der Waals surface area (Å²) in [6.07, 6.45) is 8.18. The molecule has 0 N–H and O–H groups in total. The molecule has 4 heterocycles. The SMILES string of the molecule is CCOC(=O)[C@]12CC(=O)[C@@H]3C[C@@H](Oc4cc(-c5nc(C(C)C)cs5)nc5c(C)c(OC)ccc45)CN3C(=O)N(Cc3ccc(OC)cc3)CCCCC/C=C\[C@@H]1C2. The largest absolute Gasteiger partial charge is 0.497 e. The van der Waals surface area contributed by atoms with Crippen molar-refractivity contribution >= 4 is 40.0 Å². The molecule has 2 aromatic heterocycles. The third kappa shape index (κ3) is 8.51. The number of Topliss-reactive ketones (excluding diaryl/α,β-unsaturated/α-hetero) is 1. The van der Waals surface area contributed by atoms with Gasteiger partial charge in [0.15, 0.2) is 5.78 Å². The van der Waals surface area contributed by atoms with E-state index in [0.717, 1.165) is 64.2 Å². The van der Waals surface area contributed by atoms with Crippen molar-refractivity contribution in [1.82, 2.24) is 19.8 Å². The quantitative estimate of drug-likeness (QED) is 0.115. The lowest BCUT2D eigenvalue weighted by Crippen LogP contribution is -2.49. The van der Waals surface area contributed by atoms with E-state index in [0.29, 0.717) is 36.7 Å². The number of hydrogen-bond donors (Lipinski definition) is 0. The van der Waals surface area contributed by atoms with Crippen LogP contribution in [-0.2, 0) is 20.9 Å². The molecule has 0 unspecified atom stereocenters. The van der Waals surface area contributed by atoms with E-state index in [2.05, 4.69) is 31.4 Å². The molecule has 1 saturated carbocycles. The van der Waals surface area contributed by atoms with Crippen molar-refractivity contribution in [2.24, 2.45) is 11.3 Å². The zero-order valence-corrected chi connectivity index (χ0v) is 34.7. The van der Waals surface area contributed by atoms with Crippen LogP contribution in [0.15, 0.2) is 60.0 Å². The van der Waals surface area contributed by atoms with Gasteiger partial charge in [-0.25, -0.2) is 14.8 Å². The van der Waals surface area contributed by atoms with E-state index >= 15 is 0 Å². The normalized spacial score (nSPS) is 23.4. The maximum absolute atomic E-state index is 14.9. The smallest absolute Gasteiger partial charge is 0.321 e. The molecule has 57 heavy (non-hydrogen) atoms. The summed E-state index contributed by atoms with van der Waals surface area (Å²) in [5, 5.41) is 3.64. The lowest BCUT2D eigenvalue weighted by Gasteiger charge is -2.32. The molecule has 1 saturated heterocycles. The van der Waals surface area contributed by atoms with E-state index in [4.69, 9.17) is 28.9 Å². The first-order valence-electron chi connectivity index (χ1n) is 20.2. The molecule has 2 fully saturated rings. The fourth-order valence-electron chi connectivity index (χ4n) is 8.23. The second-order valence-electron chi connectivity index (χ2n) is 15.8. The summed E-state index contributed by atoms with van der Waals surface area (Å²) in [4.78, 5) is 56.5. The highest BCUT2D eigenvalue weighted by Gasteiger charge is 2.61. The summed E-state index contributed by atoms with van der Waals surface area (Å²) in [5.41, 5.74) is 3.32. The van der Waals surface area contributed by atoms with Gasteiger partial charge in [0.25, 0.3) is 0 Å². The lowest BCUT2D eigenvalue weighted by molar-refractivity contribution is -0.152. The standard InChI is InChI=1S/C45H54N4O7S/c1-7-55-43(51)45-23-31(45)13-11-9-8-10-12-20-48(25-30-14-16-32(53-5)17-15-30)44(52)49-26-33(21-37(49)38(50)24-45)56-40-22-35(42-47-36(27-57-42)28(2)3)46-41-29(4)39(54-6)19-18-34(40)41/h11,13-19,22,27-28,31,33,37H,7-10,12,20-21,23-26H2,1-6H3/b13-11-/t31-,33-,37+,45-/m1/s1. The van der Waals surface area contributed by atoms with E-state index < -0.39 is 17.6 Å². The molecule has 12 heteroatoms. The zero-order valence-electron chi connectivity index (χ0n) is 33.9. The highest BCUT2D eigenvalue weighted by atomic mass is 32.1. The van der Waals surface area contributed by atoms with Crippen LogP contribution < -0.4 is 14.2 Å². The van der Waals surface area contributed by atoms with Crippen LogP contribution in [0.25, 0.3) is 21.6 Å². The molecular weight excluding hydrogens is 741 g/mol. The number of benzene rings is 2. The number of thiazole rings is 1. The molecule has 0 bridgehead atoms. The molecule has 4 aromatic rings. The highest BCUT2D eigenvalue weighted by Crippen LogP contribution is 2.57. The first-order chi connectivity index (χ1) is 27.5. The van der Waals surface area contributed by atoms with Crippen LogP contribution in [0.4, 0.5) is 4.79 Å². The Hall–Kier alpha value is -4.97. The predicted octanol–water partition coefficient (Wildman–Crippen LogP) is 8.91. The third-order valence-corrected chi connectivity index (χ3v) is 12.5. The zero-order chi connectivity index (χ0) is 40.3. The summed E-state index contributed by atoms with van der Waals surface area (Å²) < 4.78 is 23.5. The third-order valence-electron chi connectivity index (χ3n) is 11.6. The Morgan fingerprint density at radius 1 is 1.02 bits per heavy atom. The Morgan fingerprint density at radius 3 is 2.54 bits per heavy atom. The van der Waals surface area contributed by atoms with Crippen LogP contribution in [-0.4, -0.2) is 83.6 Å². The number of urea groups is 1. The molecule has 2 amide bonds. The molecule has 2 aliphatic heterocycles. The second kappa shape index (κ2) is 17.3. The van der Waals surface area contributed by atoms with Gasteiger partial charge in [-0.15, -0.1) is 11.3 Å². The number of carbonyl (C=O) groups is 3. The van der Waals surface area contributed by atoms with Crippen LogP contribution in [0, 0.1) is 18.3 Å². The summed E-state index contributed by atoms with van der Waals surface area (Å²) in [6, 6.07) is 12.5. The molecule has 2 aromatic carbocycles. The average Bonchev–Trinajstić information content (AvgIpc) is 3.49. The molecular formula is C45H54N4O7S. The molecule has 1 aliphatic carbocycles. The molecule has 302 valence electrons. The monoisotopic (exact) mass is 794 g/mol. The summed E-state index contributed by atoms with van der Waals surface area (Å²) >= 11 is 1.54. The van der Waals surface area contributed by atoms with Gasteiger partial charge < -0.3 is 28.7 Å². The van der Waals surface area contributed by atoms with Gasteiger partial charge in [-0.1, -0.05) is 44.6 Å².